The number of benzene rings is 1. The molecule has 1 aromatic carbocycles. The first-order valence-electron chi connectivity index (χ1n) is 4.48. The Hall–Kier alpha value is -1.08. The molecule has 0 aromatic heterocycles. The van der Waals surface area contributed by atoms with Crippen molar-refractivity contribution in [3.63, 3.8) is 0 Å². The first-order valence-corrected chi connectivity index (χ1v) is 4.48. The molecule has 0 heterocycles. The molecule has 0 saturated heterocycles. The Kier molecular flexibility index (Phi) is 2.89. The van der Waals surface area contributed by atoms with Gasteiger partial charge < -0.3 is 5.11 Å². The molecular weight excluding hydrogens is 160 g/mol. The second-order valence-electron chi connectivity index (χ2n) is 3.53. The van der Waals surface area contributed by atoms with Gasteiger partial charge in [-0.3, -0.25) is 0 Å². The maximum atomic E-state index is 9.65. The van der Waals surface area contributed by atoms with E-state index in [9.17, 15) is 5.11 Å². The van der Waals surface area contributed by atoms with Gasteiger partial charge in [0.05, 0.1) is 6.10 Å². The fraction of sp³-hybridized carbons (Fsp3) is 0.333. The lowest BCUT2D eigenvalue weighted by atomic mass is 9.78. The molecule has 0 bridgehead atoms. The summed E-state index contributed by atoms with van der Waals surface area (Å²) < 4.78 is 0. The molecule has 1 heteroatoms. The molecule has 0 aliphatic carbocycles. The van der Waals surface area contributed by atoms with Crippen LogP contribution in [0.1, 0.15) is 19.4 Å². The molecule has 0 unspecified atom stereocenters. The zero-order valence-electron chi connectivity index (χ0n) is 8.20. The highest BCUT2D eigenvalue weighted by atomic mass is 16.3. The smallest absolute Gasteiger partial charge is 0.0640 e. The standard InChI is InChI=1S/C12H16O/c1-4-12(3,10(2)13)11-8-6-5-7-9-11/h4-10,13H,1H2,2-3H3/t10-,12+/m0/s1. The van der Waals surface area contributed by atoms with Crippen LogP contribution < -0.4 is 0 Å². The van der Waals surface area contributed by atoms with Crippen molar-refractivity contribution in [1.29, 1.82) is 0 Å². The number of hydrogen-bond donors (Lipinski definition) is 1. The Morgan fingerprint density at radius 2 is 1.92 bits per heavy atom. The average Bonchev–Trinajstić information content (AvgIpc) is 2.17. The van der Waals surface area contributed by atoms with Crippen molar-refractivity contribution in [2.75, 3.05) is 0 Å². The SMILES string of the molecule is C=C[C@@](C)(c1ccccc1)[C@H](C)O. The van der Waals surface area contributed by atoms with Crippen LogP contribution in [-0.4, -0.2) is 11.2 Å². The third-order valence-electron chi connectivity index (χ3n) is 2.69. The first kappa shape index (κ1) is 10.0. The Bertz CT molecular complexity index is 276. The summed E-state index contributed by atoms with van der Waals surface area (Å²) in [5.41, 5.74) is 0.751. The van der Waals surface area contributed by atoms with Crippen LogP contribution in [0, 0.1) is 0 Å². The fourth-order valence-electron chi connectivity index (χ4n) is 1.33. The van der Waals surface area contributed by atoms with Gasteiger partial charge in [0.25, 0.3) is 0 Å². The topological polar surface area (TPSA) is 20.2 Å². The maximum Gasteiger partial charge on any atom is 0.0640 e. The van der Waals surface area contributed by atoms with Crippen molar-refractivity contribution < 1.29 is 5.11 Å². The normalized spacial score (nSPS) is 17.5. The zero-order chi connectivity index (χ0) is 9.90. The van der Waals surface area contributed by atoms with Crippen LogP contribution in [-0.2, 0) is 5.41 Å². The van der Waals surface area contributed by atoms with Crippen molar-refractivity contribution in [2.24, 2.45) is 0 Å². The minimum Gasteiger partial charge on any atom is -0.392 e. The molecule has 0 amide bonds. The van der Waals surface area contributed by atoms with E-state index in [1.807, 2.05) is 37.3 Å². The number of aliphatic hydroxyl groups is 1. The molecule has 0 fully saturated rings. The highest BCUT2D eigenvalue weighted by molar-refractivity contribution is 5.30. The number of rotatable bonds is 3. The molecule has 1 N–H and O–H groups in total. The second kappa shape index (κ2) is 3.75. The van der Waals surface area contributed by atoms with Gasteiger partial charge in [-0.25, -0.2) is 0 Å². The molecule has 70 valence electrons. The van der Waals surface area contributed by atoms with Crippen LogP contribution in [0.2, 0.25) is 0 Å². The molecular formula is C12H16O. The third kappa shape index (κ3) is 1.81. The van der Waals surface area contributed by atoms with E-state index < -0.39 is 6.10 Å². The summed E-state index contributed by atoms with van der Waals surface area (Å²) in [6.45, 7) is 7.54. The van der Waals surface area contributed by atoms with E-state index in [1.54, 1.807) is 13.0 Å². The summed E-state index contributed by atoms with van der Waals surface area (Å²) >= 11 is 0. The number of hydrogen-bond acceptors (Lipinski definition) is 1. The lowest BCUT2D eigenvalue weighted by Gasteiger charge is -2.29. The van der Waals surface area contributed by atoms with E-state index in [1.165, 1.54) is 0 Å². The Labute approximate surface area is 79.7 Å². The van der Waals surface area contributed by atoms with Crippen molar-refractivity contribution >= 4 is 0 Å². The first-order chi connectivity index (χ1) is 6.11. The zero-order valence-corrected chi connectivity index (χ0v) is 8.20. The monoisotopic (exact) mass is 176 g/mol. The van der Waals surface area contributed by atoms with Gasteiger partial charge in [0, 0.05) is 5.41 Å². The molecule has 0 aliphatic heterocycles. The van der Waals surface area contributed by atoms with E-state index in [0.29, 0.717) is 0 Å². The van der Waals surface area contributed by atoms with Gasteiger partial charge >= 0.3 is 0 Å². The molecule has 2 atom stereocenters. The quantitative estimate of drug-likeness (QED) is 0.702. The summed E-state index contributed by atoms with van der Waals surface area (Å²) in [5, 5.41) is 9.65. The molecule has 1 rings (SSSR count). The largest absolute Gasteiger partial charge is 0.392 e. The average molecular weight is 176 g/mol. The Morgan fingerprint density at radius 3 is 2.31 bits per heavy atom. The molecule has 0 radical (unpaired) electrons. The highest BCUT2D eigenvalue weighted by Crippen LogP contribution is 2.28. The van der Waals surface area contributed by atoms with Crippen molar-refractivity contribution in [3.05, 3.63) is 48.6 Å². The highest BCUT2D eigenvalue weighted by Gasteiger charge is 2.27. The predicted octanol–water partition coefficient (Wildman–Crippen LogP) is 2.51. The van der Waals surface area contributed by atoms with E-state index in [2.05, 4.69) is 6.58 Å². The van der Waals surface area contributed by atoms with Crippen LogP contribution in [0.5, 0.6) is 0 Å². The van der Waals surface area contributed by atoms with Gasteiger partial charge in [-0.15, -0.1) is 6.58 Å². The van der Waals surface area contributed by atoms with Crippen LogP contribution >= 0.6 is 0 Å². The molecule has 13 heavy (non-hydrogen) atoms. The Balaban J connectivity index is 3.10. The summed E-state index contributed by atoms with van der Waals surface area (Å²) in [7, 11) is 0. The van der Waals surface area contributed by atoms with Crippen LogP contribution in [0.25, 0.3) is 0 Å². The molecule has 1 nitrogen and oxygen atoms in total. The fourth-order valence-corrected chi connectivity index (χ4v) is 1.33. The molecule has 0 saturated carbocycles. The van der Waals surface area contributed by atoms with Gasteiger partial charge in [-0.05, 0) is 19.4 Å². The molecule has 0 spiro atoms. The summed E-state index contributed by atoms with van der Waals surface area (Å²) in [5.74, 6) is 0. The van der Waals surface area contributed by atoms with Crippen LogP contribution in [0.4, 0.5) is 0 Å². The molecule has 1 aromatic rings. The van der Waals surface area contributed by atoms with Crippen molar-refractivity contribution in [2.45, 2.75) is 25.4 Å². The van der Waals surface area contributed by atoms with Gasteiger partial charge in [0.1, 0.15) is 0 Å². The molecule has 0 aliphatic rings. The van der Waals surface area contributed by atoms with Gasteiger partial charge in [0.2, 0.25) is 0 Å². The predicted molar refractivity (Wildman–Crippen MR) is 55.7 cm³/mol. The van der Waals surface area contributed by atoms with E-state index in [-0.39, 0.29) is 5.41 Å². The van der Waals surface area contributed by atoms with Crippen LogP contribution in [0.15, 0.2) is 43.0 Å². The lowest BCUT2D eigenvalue weighted by molar-refractivity contribution is 0.133. The summed E-state index contributed by atoms with van der Waals surface area (Å²) in [6, 6.07) is 9.93. The van der Waals surface area contributed by atoms with E-state index >= 15 is 0 Å². The minimum absolute atomic E-state index is 0.346. The van der Waals surface area contributed by atoms with Crippen molar-refractivity contribution in [1.82, 2.24) is 0 Å². The van der Waals surface area contributed by atoms with Gasteiger partial charge in [-0.2, -0.15) is 0 Å². The number of aliphatic hydroxyl groups excluding tert-OH is 1. The van der Waals surface area contributed by atoms with Gasteiger partial charge in [-0.1, -0.05) is 36.4 Å². The third-order valence-corrected chi connectivity index (χ3v) is 2.69. The minimum atomic E-state index is -0.424. The van der Waals surface area contributed by atoms with Gasteiger partial charge in [0.15, 0.2) is 0 Å². The van der Waals surface area contributed by atoms with Crippen LogP contribution in [0.3, 0.4) is 0 Å². The summed E-state index contributed by atoms with van der Waals surface area (Å²) in [4.78, 5) is 0. The van der Waals surface area contributed by atoms with E-state index in [4.69, 9.17) is 0 Å². The van der Waals surface area contributed by atoms with Crippen molar-refractivity contribution in [3.8, 4) is 0 Å². The second-order valence-corrected chi connectivity index (χ2v) is 3.53. The maximum absolute atomic E-state index is 9.65. The lowest BCUT2D eigenvalue weighted by Crippen LogP contribution is -2.32. The Morgan fingerprint density at radius 1 is 1.38 bits per heavy atom. The van der Waals surface area contributed by atoms with E-state index in [0.717, 1.165) is 5.56 Å². The summed E-state index contributed by atoms with van der Waals surface area (Å²) in [6.07, 6.45) is 1.37.